The van der Waals surface area contributed by atoms with Gasteiger partial charge in [0.2, 0.25) is 5.91 Å². The van der Waals surface area contributed by atoms with Gasteiger partial charge < -0.3 is 9.47 Å². The maximum atomic E-state index is 12.3. The van der Waals surface area contributed by atoms with E-state index in [1.165, 1.54) is 0 Å². The fraction of sp³-hybridized carbons (Fsp3) is 0.267. The number of nitrogens with zero attached hydrogens (tertiary/aromatic N) is 5. The highest BCUT2D eigenvalue weighted by molar-refractivity contribution is 5.97. The lowest BCUT2D eigenvalue weighted by Gasteiger charge is -2.20. The number of hydrogen-bond donors (Lipinski definition) is 0. The first kappa shape index (κ1) is 13.3. The number of benzene rings is 1. The van der Waals surface area contributed by atoms with Gasteiger partial charge >= 0.3 is 0 Å². The zero-order chi connectivity index (χ0) is 14.7. The standard InChI is InChI=1S/C15H15N5O/c16-18-17-10-12-9-15(21)20(11-12)14-6-2-1-5-13(14)19-7-3-4-8-19/h1-8,12H,9-11H2. The van der Waals surface area contributed by atoms with Crippen LogP contribution < -0.4 is 4.90 Å². The molecular weight excluding hydrogens is 266 g/mol. The molecule has 1 saturated heterocycles. The van der Waals surface area contributed by atoms with Gasteiger partial charge in [-0.3, -0.25) is 4.79 Å². The third kappa shape index (κ3) is 2.61. The molecule has 6 heteroatoms. The third-order valence-electron chi connectivity index (χ3n) is 3.66. The molecule has 1 atom stereocenters. The molecule has 0 aliphatic carbocycles. The van der Waals surface area contributed by atoms with E-state index in [4.69, 9.17) is 5.53 Å². The van der Waals surface area contributed by atoms with Crippen molar-refractivity contribution in [1.29, 1.82) is 0 Å². The summed E-state index contributed by atoms with van der Waals surface area (Å²) >= 11 is 0. The van der Waals surface area contributed by atoms with Crippen LogP contribution in [0.5, 0.6) is 0 Å². The topological polar surface area (TPSA) is 74.0 Å². The summed E-state index contributed by atoms with van der Waals surface area (Å²) in [4.78, 5) is 16.8. The molecule has 0 bridgehead atoms. The fourth-order valence-electron chi connectivity index (χ4n) is 2.69. The second-order valence-corrected chi connectivity index (χ2v) is 5.07. The molecule has 1 aliphatic rings. The smallest absolute Gasteiger partial charge is 0.227 e. The van der Waals surface area contributed by atoms with E-state index in [0.29, 0.717) is 19.5 Å². The number of aromatic nitrogens is 1. The quantitative estimate of drug-likeness (QED) is 0.482. The summed E-state index contributed by atoms with van der Waals surface area (Å²) in [5.74, 6) is 0.166. The number of hydrogen-bond acceptors (Lipinski definition) is 2. The van der Waals surface area contributed by atoms with Crippen LogP contribution in [0.15, 0.2) is 53.9 Å². The predicted molar refractivity (Wildman–Crippen MR) is 80.2 cm³/mol. The summed E-state index contributed by atoms with van der Waals surface area (Å²) in [6.07, 6.45) is 4.34. The molecule has 1 amide bonds. The summed E-state index contributed by atoms with van der Waals surface area (Å²) in [7, 11) is 0. The van der Waals surface area contributed by atoms with Crippen molar-refractivity contribution in [3.63, 3.8) is 0 Å². The van der Waals surface area contributed by atoms with Crippen LogP contribution in [0.3, 0.4) is 0 Å². The maximum Gasteiger partial charge on any atom is 0.227 e. The second-order valence-electron chi connectivity index (χ2n) is 5.07. The molecule has 1 aromatic heterocycles. The van der Waals surface area contributed by atoms with Crippen molar-refractivity contribution in [1.82, 2.24) is 4.57 Å². The molecule has 2 aromatic rings. The van der Waals surface area contributed by atoms with Crippen LogP contribution in [0.25, 0.3) is 16.1 Å². The van der Waals surface area contributed by atoms with Crippen LogP contribution in [-0.4, -0.2) is 23.6 Å². The van der Waals surface area contributed by atoms with Gasteiger partial charge in [-0.2, -0.15) is 0 Å². The van der Waals surface area contributed by atoms with Crippen LogP contribution in [0, 0.1) is 5.92 Å². The SMILES string of the molecule is [N-]=[N+]=NCC1CC(=O)N(c2ccccc2-n2cccc2)C1. The Morgan fingerprint density at radius 1 is 1.19 bits per heavy atom. The van der Waals surface area contributed by atoms with Gasteiger partial charge in [-0.05, 0) is 35.7 Å². The van der Waals surface area contributed by atoms with E-state index in [1.807, 2.05) is 53.4 Å². The number of rotatable bonds is 4. The van der Waals surface area contributed by atoms with Crippen molar-refractivity contribution in [3.8, 4) is 5.69 Å². The zero-order valence-corrected chi connectivity index (χ0v) is 11.5. The molecule has 6 nitrogen and oxygen atoms in total. The number of carbonyl (C=O) groups excluding carboxylic acids is 1. The lowest BCUT2D eigenvalue weighted by molar-refractivity contribution is -0.117. The Morgan fingerprint density at radius 3 is 2.62 bits per heavy atom. The molecule has 1 aromatic carbocycles. The molecule has 0 saturated carbocycles. The highest BCUT2D eigenvalue weighted by Crippen LogP contribution is 2.30. The molecule has 0 radical (unpaired) electrons. The summed E-state index contributed by atoms with van der Waals surface area (Å²) in [5.41, 5.74) is 10.3. The molecule has 3 rings (SSSR count). The van der Waals surface area contributed by atoms with Gasteiger partial charge in [0, 0.05) is 36.8 Å². The molecule has 106 valence electrons. The lowest BCUT2D eigenvalue weighted by Crippen LogP contribution is -2.26. The van der Waals surface area contributed by atoms with E-state index in [1.54, 1.807) is 4.90 Å². The first-order valence-corrected chi connectivity index (χ1v) is 6.83. The average molecular weight is 281 g/mol. The van der Waals surface area contributed by atoms with Gasteiger partial charge in [0.15, 0.2) is 0 Å². The molecule has 1 aliphatic heterocycles. The number of carbonyl (C=O) groups is 1. The first-order chi connectivity index (χ1) is 10.3. The summed E-state index contributed by atoms with van der Waals surface area (Å²) in [6.45, 7) is 0.959. The van der Waals surface area contributed by atoms with E-state index >= 15 is 0 Å². The van der Waals surface area contributed by atoms with Crippen molar-refractivity contribution >= 4 is 11.6 Å². The van der Waals surface area contributed by atoms with Crippen molar-refractivity contribution in [3.05, 3.63) is 59.2 Å². The number of azide groups is 1. The highest BCUT2D eigenvalue weighted by atomic mass is 16.2. The molecular formula is C15H15N5O. The van der Waals surface area contributed by atoms with Gasteiger partial charge in [-0.15, -0.1) is 0 Å². The van der Waals surface area contributed by atoms with Crippen molar-refractivity contribution in [2.24, 2.45) is 11.0 Å². The number of para-hydroxylation sites is 2. The zero-order valence-electron chi connectivity index (χ0n) is 11.5. The second kappa shape index (κ2) is 5.73. The minimum Gasteiger partial charge on any atom is -0.322 e. The van der Waals surface area contributed by atoms with Crippen molar-refractivity contribution in [2.75, 3.05) is 18.0 Å². The molecule has 21 heavy (non-hydrogen) atoms. The molecule has 1 fully saturated rings. The van der Waals surface area contributed by atoms with Crippen molar-refractivity contribution in [2.45, 2.75) is 6.42 Å². The minimum absolute atomic E-state index is 0.0766. The summed E-state index contributed by atoms with van der Waals surface area (Å²) in [6, 6.07) is 11.7. The Balaban J connectivity index is 1.91. The first-order valence-electron chi connectivity index (χ1n) is 6.83. The van der Waals surface area contributed by atoms with Crippen LogP contribution in [-0.2, 0) is 4.79 Å². The lowest BCUT2D eigenvalue weighted by atomic mass is 10.1. The number of amides is 1. The summed E-state index contributed by atoms with van der Waals surface area (Å²) < 4.78 is 1.99. The summed E-state index contributed by atoms with van der Waals surface area (Å²) in [5, 5.41) is 3.59. The third-order valence-corrected chi connectivity index (χ3v) is 3.66. The molecule has 2 heterocycles. The van der Waals surface area contributed by atoms with Crippen LogP contribution in [0.4, 0.5) is 5.69 Å². The Hall–Kier alpha value is -2.72. The van der Waals surface area contributed by atoms with Gasteiger partial charge in [0.25, 0.3) is 0 Å². The highest BCUT2D eigenvalue weighted by Gasteiger charge is 2.31. The Morgan fingerprint density at radius 2 is 1.90 bits per heavy atom. The minimum atomic E-state index is 0.0766. The van der Waals surface area contributed by atoms with E-state index < -0.39 is 0 Å². The van der Waals surface area contributed by atoms with E-state index in [2.05, 4.69) is 10.0 Å². The maximum absolute atomic E-state index is 12.3. The van der Waals surface area contributed by atoms with E-state index in [-0.39, 0.29) is 11.8 Å². The molecule has 0 N–H and O–H groups in total. The Bertz CT molecular complexity index is 688. The van der Waals surface area contributed by atoms with Crippen LogP contribution in [0.2, 0.25) is 0 Å². The van der Waals surface area contributed by atoms with Crippen LogP contribution in [0.1, 0.15) is 6.42 Å². The van der Waals surface area contributed by atoms with Crippen molar-refractivity contribution < 1.29 is 4.79 Å². The van der Waals surface area contributed by atoms with Gasteiger partial charge in [0.05, 0.1) is 11.4 Å². The largest absolute Gasteiger partial charge is 0.322 e. The normalized spacial score (nSPS) is 17.8. The Labute approximate surface area is 122 Å². The molecule has 0 spiro atoms. The average Bonchev–Trinajstić information content (AvgIpc) is 3.15. The van der Waals surface area contributed by atoms with Gasteiger partial charge in [-0.1, -0.05) is 17.2 Å². The monoisotopic (exact) mass is 281 g/mol. The van der Waals surface area contributed by atoms with E-state index in [9.17, 15) is 4.79 Å². The predicted octanol–water partition coefficient (Wildman–Crippen LogP) is 3.14. The molecule has 1 unspecified atom stereocenters. The van der Waals surface area contributed by atoms with E-state index in [0.717, 1.165) is 11.4 Å². The van der Waals surface area contributed by atoms with Gasteiger partial charge in [0.1, 0.15) is 0 Å². The number of anilines is 1. The van der Waals surface area contributed by atoms with Crippen LogP contribution >= 0.6 is 0 Å². The van der Waals surface area contributed by atoms with Gasteiger partial charge in [-0.25, -0.2) is 0 Å². The Kier molecular flexibility index (Phi) is 3.62. The fourth-order valence-corrected chi connectivity index (χ4v) is 2.69.